The van der Waals surface area contributed by atoms with Gasteiger partial charge < -0.3 is 15.1 Å². The van der Waals surface area contributed by atoms with Crippen LogP contribution in [0.1, 0.15) is 16.9 Å². The second-order valence-corrected chi connectivity index (χ2v) is 4.48. The highest BCUT2D eigenvalue weighted by Gasteiger charge is 2.12. The normalized spacial score (nSPS) is 10.4. The summed E-state index contributed by atoms with van der Waals surface area (Å²) in [4.78, 5) is 13.8. The minimum atomic E-state index is 0.0531. The number of hydrogen-bond donors (Lipinski definition) is 1. The van der Waals surface area contributed by atoms with Crippen molar-refractivity contribution < 1.29 is 9.21 Å². The molecule has 0 bridgehead atoms. The first-order valence-corrected chi connectivity index (χ1v) is 6.24. The van der Waals surface area contributed by atoms with Crippen LogP contribution in [0.4, 0.5) is 0 Å². The van der Waals surface area contributed by atoms with Gasteiger partial charge in [0.15, 0.2) is 0 Å². The third kappa shape index (κ3) is 3.45. The molecule has 0 aliphatic heterocycles. The largest absolute Gasteiger partial charge is 0.467 e. The second-order valence-electron chi connectivity index (χ2n) is 4.48. The van der Waals surface area contributed by atoms with E-state index in [1.54, 1.807) is 18.2 Å². The van der Waals surface area contributed by atoms with Crippen LogP contribution in [-0.2, 0) is 24.3 Å². The average Bonchev–Trinajstić information content (AvgIpc) is 2.92. The molecule has 0 spiro atoms. The average molecular weight is 258 g/mol. The monoisotopic (exact) mass is 258 g/mol. The molecule has 0 saturated carbocycles. The van der Waals surface area contributed by atoms with Crippen LogP contribution >= 0.6 is 0 Å². The van der Waals surface area contributed by atoms with E-state index in [1.165, 1.54) is 0 Å². The van der Waals surface area contributed by atoms with Crippen molar-refractivity contribution in [3.8, 4) is 0 Å². The minimum Gasteiger partial charge on any atom is -0.467 e. The Labute approximate surface area is 112 Å². The molecule has 0 fully saturated rings. The fourth-order valence-electron chi connectivity index (χ4n) is 1.95. The number of furan rings is 1. The van der Waals surface area contributed by atoms with Crippen molar-refractivity contribution in [1.29, 1.82) is 0 Å². The summed E-state index contributed by atoms with van der Waals surface area (Å²) in [5.74, 6) is 0.834. The summed E-state index contributed by atoms with van der Waals surface area (Å²) in [7, 11) is 1.77. The van der Waals surface area contributed by atoms with E-state index in [2.05, 4.69) is 0 Å². The van der Waals surface area contributed by atoms with Gasteiger partial charge in [-0.25, -0.2) is 0 Å². The molecule has 0 saturated heterocycles. The van der Waals surface area contributed by atoms with E-state index >= 15 is 0 Å². The van der Waals surface area contributed by atoms with Crippen molar-refractivity contribution in [3.63, 3.8) is 0 Å². The molecule has 19 heavy (non-hydrogen) atoms. The Morgan fingerprint density at radius 1 is 1.21 bits per heavy atom. The van der Waals surface area contributed by atoms with Gasteiger partial charge in [0.2, 0.25) is 5.91 Å². The minimum absolute atomic E-state index is 0.0531. The van der Waals surface area contributed by atoms with Crippen molar-refractivity contribution in [2.75, 3.05) is 7.05 Å². The van der Waals surface area contributed by atoms with Gasteiger partial charge in [0.1, 0.15) is 5.76 Å². The molecule has 0 unspecified atom stereocenters. The highest BCUT2D eigenvalue weighted by Crippen LogP contribution is 2.11. The zero-order valence-corrected chi connectivity index (χ0v) is 11.0. The van der Waals surface area contributed by atoms with Crippen LogP contribution in [0.3, 0.4) is 0 Å². The Balaban J connectivity index is 2.00. The molecule has 1 aromatic carbocycles. The highest BCUT2D eigenvalue weighted by molar-refractivity contribution is 5.78. The lowest BCUT2D eigenvalue weighted by molar-refractivity contribution is -0.129. The summed E-state index contributed by atoms with van der Waals surface area (Å²) in [6.45, 7) is 0.933. The number of carbonyl (C=O) groups is 1. The second kappa shape index (κ2) is 6.20. The summed E-state index contributed by atoms with van der Waals surface area (Å²) >= 11 is 0. The van der Waals surface area contributed by atoms with Gasteiger partial charge in [-0.05, 0) is 23.3 Å². The Morgan fingerprint density at radius 2 is 1.95 bits per heavy atom. The molecule has 1 aromatic heterocycles. The number of nitrogens with two attached hydrogens (primary N) is 1. The lowest BCUT2D eigenvalue weighted by Crippen LogP contribution is -2.28. The summed E-state index contributed by atoms with van der Waals surface area (Å²) in [6, 6.07) is 11.4. The molecule has 4 nitrogen and oxygen atoms in total. The van der Waals surface area contributed by atoms with Gasteiger partial charge in [0, 0.05) is 13.6 Å². The molecular formula is C15H18N2O2. The van der Waals surface area contributed by atoms with Crippen molar-refractivity contribution in [1.82, 2.24) is 4.90 Å². The third-order valence-electron chi connectivity index (χ3n) is 3.08. The predicted octanol–water partition coefficient (Wildman–Crippen LogP) is 1.94. The standard InChI is InChI=1S/C15H18N2O2/c1-17(11-14-7-4-8-19-14)15(18)9-12-5-2-3-6-13(12)10-16/h2-8H,9-11,16H2,1H3. The Hall–Kier alpha value is -2.07. The third-order valence-corrected chi connectivity index (χ3v) is 3.08. The molecule has 1 amide bonds. The van der Waals surface area contributed by atoms with E-state index in [1.807, 2.05) is 36.4 Å². The van der Waals surface area contributed by atoms with E-state index in [0.717, 1.165) is 16.9 Å². The van der Waals surface area contributed by atoms with Crippen molar-refractivity contribution in [2.45, 2.75) is 19.5 Å². The quantitative estimate of drug-likeness (QED) is 0.891. The van der Waals surface area contributed by atoms with Crippen LogP contribution in [0.5, 0.6) is 0 Å². The van der Waals surface area contributed by atoms with Gasteiger partial charge in [0.25, 0.3) is 0 Å². The van der Waals surface area contributed by atoms with Crippen LogP contribution in [0.15, 0.2) is 47.1 Å². The maximum absolute atomic E-state index is 12.2. The lowest BCUT2D eigenvalue weighted by Gasteiger charge is -2.16. The fraction of sp³-hybridized carbons (Fsp3) is 0.267. The Morgan fingerprint density at radius 3 is 2.58 bits per heavy atom. The van der Waals surface area contributed by atoms with E-state index in [0.29, 0.717) is 19.5 Å². The molecule has 100 valence electrons. The SMILES string of the molecule is CN(Cc1ccco1)C(=O)Cc1ccccc1CN. The number of amides is 1. The first kappa shape index (κ1) is 13.4. The first-order valence-electron chi connectivity index (χ1n) is 6.24. The molecule has 0 aliphatic rings. The zero-order chi connectivity index (χ0) is 13.7. The molecule has 0 aliphatic carbocycles. The zero-order valence-electron chi connectivity index (χ0n) is 11.0. The summed E-state index contributed by atoms with van der Waals surface area (Å²) in [5.41, 5.74) is 7.68. The van der Waals surface area contributed by atoms with Gasteiger partial charge in [-0.2, -0.15) is 0 Å². The Kier molecular flexibility index (Phi) is 4.36. The number of nitrogens with zero attached hydrogens (tertiary/aromatic N) is 1. The molecule has 2 aromatic rings. The highest BCUT2D eigenvalue weighted by atomic mass is 16.3. The molecule has 0 radical (unpaired) electrons. The van der Waals surface area contributed by atoms with Gasteiger partial charge >= 0.3 is 0 Å². The molecule has 1 heterocycles. The topological polar surface area (TPSA) is 59.5 Å². The van der Waals surface area contributed by atoms with Crippen molar-refractivity contribution >= 4 is 5.91 Å². The fourth-order valence-corrected chi connectivity index (χ4v) is 1.95. The molecule has 4 heteroatoms. The number of hydrogen-bond acceptors (Lipinski definition) is 3. The molecular weight excluding hydrogens is 240 g/mol. The van der Waals surface area contributed by atoms with E-state index in [4.69, 9.17) is 10.2 Å². The van der Waals surface area contributed by atoms with Crippen LogP contribution < -0.4 is 5.73 Å². The Bertz CT molecular complexity index is 535. The number of likely N-dealkylation sites (N-methyl/N-ethyl adjacent to an activating group) is 1. The van der Waals surface area contributed by atoms with Gasteiger partial charge in [0.05, 0.1) is 19.2 Å². The number of carbonyl (C=O) groups excluding carboxylic acids is 1. The maximum Gasteiger partial charge on any atom is 0.227 e. The number of rotatable bonds is 5. The van der Waals surface area contributed by atoms with E-state index < -0.39 is 0 Å². The smallest absolute Gasteiger partial charge is 0.227 e. The first-order chi connectivity index (χ1) is 9.20. The summed E-state index contributed by atoms with van der Waals surface area (Å²) in [5, 5.41) is 0. The predicted molar refractivity (Wildman–Crippen MR) is 73.2 cm³/mol. The van der Waals surface area contributed by atoms with Gasteiger partial charge in [-0.15, -0.1) is 0 Å². The molecule has 2 N–H and O–H groups in total. The van der Waals surface area contributed by atoms with Crippen LogP contribution in [-0.4, -0.2) is 17.9 Å². The van der Waals surface area contributed by atoms with E-state index in [9.17, 15) is 4.79 Å². The van der Waals surface area contributed by atoms with Crippen molar-refractivity contribution in [2.24, 2.45) is 5.73 Å². The summed E-state index contributed by atoms with van der Waals surface area (Å²) in [6.07, 6.45) is 1.97. The van der Waals surface area contributed by atoms with Crippen LogP contribution in [0.25, 0.3) is 0 Å². The molecule has 0 atom stereocenters. The maximum atomic E-state index is 12.2. The van der Waals surface area contributed by atoms with Gasteiger partial charge in [-0.3, -0.25) is 4.79 Å². The van der Waals surface area contributed by atoms with Crippen LogP contribution in [0.2, 0.25) is 0 Å². The van der Waals surface area contributed by atoms with E-state index in [-0.39, 0.29) is 5.91 Å². The van der Waals surface area contributed by atoms with Gasteiger partial charge in [-0.1, -0.05) is 24.3 Å². The molecule has 2 rings (SSSR count). The number of benzene rings is 1. The summed E-state index contributed by atoms with van der Waals surface area (Å²) < 4.78 is 5.24. The lowest BCUT2D eigenvalue weighted by atomic mass is 10.0. The van der Waals surface area contributed by atoms with Crippen molar-refractivity contribution in [3.05, 3.63) is 59.5 Å². The van der Waals surface area contributed by atoms with Crippen LogP contribution in [0, 0.1) is 0 Å².